The molecule has 188 valence electrons. The van der Waals surface area contributed by atoms with Crippen molar-refractivity contribution >= 4 is 87.7 Å². The average molecular weight is 584 g/mol. The number of thiazole rings is 1. The van der Waals surface area contributed by atoms with Crippen LogP contribution >= 0.6 is 34.7 Å². The minimum absolute atomic E-state index is 0.171. The van der Waals surface area contributed by atoms with E-state index in [1.807, 2.05) is 53.4 Å². The number of thioether (sulfide) groups is 1. The summed E-state index contributed by atoms with van der Waals surface area (Å²) in [4.78, 5) is 2.81. The van der Waals surface area contributed by atoms with Gasteiger partial charge >= 0.3 is 10.1 Å². The van der Waals surface area contributed by atoms with E-state index in [1.165, 1.54) is 23.1 Å². The van der Waals surface area contributed by atoms with E-state index in [0.29, 0.717) is 15.5 Å². The van der Waals surface area contributed by atoms with Crippen LogP contribution in [0.25, 0.3) is 27.1 Å². The normalized spacial score (nSPS) is 15.3. The molecule has 2 heterocycles. The van der Waals surface area contributed by atoms with Crippen molar-refractivity contribution in [2.45, 2.75) is 17.2 Å². The van der Waals surface area contributed by atoms with Gasteiger partial charge in [0, 0.05) is 16.5 Å². The van der Waals surface area contributed by atoms with E-state index in [-0.39, 0.29) is 13.0 Å². The summed E-state index contributed by atoms with van der Waals surface area (Å²) < 4.78 is 67.9. The molecule has 0 fully saturated rings. The first kappa shape index (κ1) is 25.5. The van der Waals surface area contributed by atoms with E-state index >= 15 is 0 Å². The number of fused-ring (bicyclic) bond motifs is 4. The molecule has 5 rings (SSSR count). The average Bonchev–Trinajstić information content (AvgIpc) is 3.30. The third-order valence-electron chi connectivity index (χ3n) is 5.63. The van der Waals surface area contributed by atoms with Crippen molar-refractivity contribution in [3.8, 4) is 0 Å². The van der Waals surface area contributed by atoms with Crippen molar-refractivity contribution in [1.82, 2.24) is 0 Å². The van der Waals surface area contributed by atoms with Crippen LogP contribution < -0.4 is 9.47 Å². The lowest BCUT2D eigenvalue weighted by Gasteiger charge is -2.20. The maximum atomic E-state index is 12.0. The van der Waals surface area contributed by atoms with Crippen molar-refractivity contribution in [3.63, 3.8) is 0 Å². The summed E-state index contributed by atoms with van der Waals surface area (Å²) >= 11 is 9.05. The summed E-state index contributed by atoms with van der Waals surface area (Å²) in [7, 11) is -8.48. The highest BCUT2D eigenvalue weighted by atomic mass is 35.5. The molecule has 3 aromatic carbocycles. The quantitative estimate of drug-likeness (QED) is 0.230. The highest BCUT2D eigenvalue weighted by Gasteiger charge is 2.30. The van der Waals surface area contributed by atoms with E-state index in [9.17, 15) is 25.9 Å². The number of nitrogens with zero attached hydrogens (tertiary/aromatic N) is 2. The maximum Gasteiger partial charge on any atom is 0.326 e. The fourth-order valence-corrected chi connectivity index (χ4v) is 7.83. The zero-order valence-corrected chi connectivity index (χ0v) is 22.6. The lowest BCUT2D eigenvalue weighted by atomic mass is 10.1. The van der Waals surface area contributed by atoms with Gasteiger partial charge in [0.25, 0.3) is 21.0 Å². The second-order valence-corrected chi connectivity index (χ2v) is 13.8. The van der Waals surface area contributed by atoms with E-state index in [0.717, 1.165) is 31.1 Å². The fraction of sp³-hybridized carbons (Fsp3) is 0.174. The Bertz CT molecular complexity index is 1750. The van der Waals surface area contributed by atoms with Gasteiger partial charge in [0.2, 0.25) is 5.52 Å². The van der Waals surface area contributed by atoms with Crippen LogP contribution in [0.15, 0.2) is 64.5 Å². The summed E-state index contributed by atoms with van der Waals surface area (Å²) in [5.41, 5.74) is 1.49. The summed E-state index contributed by atoms with van der Waals surface area (Å²) in [5.74, 6) is -1.01. The van der Waals surface area contributed by atoms with Gasteiger partial charge in [-0.05, 0) is 42.1 Å². The molecule has 1 aliphatic heterocycles. The molecule has 4 aromatic rings. The Hall–Kier alpha value is -2.19. The summed E-state index contributed by atoms with van der Waals surface area (Å²) in [5, 5.41) is 3.65. The smallest absolute Gasteiger partial charge is 0.326 e. The lowest BCUT2D eigenvalue weighted by molar-refractivity contribution is -0.648. The Kier molecular flexibility index (Phi) is 6.79. The Labute approximate surface area is 221 Å². The van der Waals surface area contributed by atoms with E-state index in [1.54, 1.807) is 16.7 Å². The van der Waals surface area contributed by atoms with E-state index in [2.05, 4.69) is 0 Å². The molecule has 1 aliphatic rings. The van der Waals surface area contributed by atoms with Crippen LogP contribution in [0.3, 0.4) is 0 Å². The van der Waals surface area contributed by atoms with Crippen molar-refractivity contribution in [2.24, 2.45) is 0 Å². The molecule has 0 atom stereocenters. The maximum absolute atomic E-state index is 12.0. The van der Waals surface area contributed by atoms with Gasteiger partial charge in [0.15, 0.2) is 0 Å². The first-order chi connectivity index (χ1) is 17.0. The fourth-order valence-electron chi connectivity index (χ4n) is 4.20. The Balaban J connectivity index is 1.65. The SMILES string of the molecule is O=S(=O)(O)CCCN1C(=Cc2sc3ccc4ccccc4c3[n+]2CS(=O)(=O)O)Sc2ccc(Cl)cc21. The number of aromatic nitrogens is 1. The van der Waals surface area contributed by atoms with Crippen LogP contribution in [0.4, 0.5) is 5.69 Å². The molecule has 0 bridgehead atoms. The molecule has 0 unspecified atom stereocenters. The van der Waals surface area contributed by atoms with Crippen LogP contribution in [0, 0.1) is 0 Å². The van der Waals surface area contributed by atoms with Crippen LogP contribution in [0.5, 0.6) is 0 Å². The number of hydrogen-bond acceptors (Lipinski definition) is 7. The lowest BCUT2D eigenvalue weighted by Crippen LogP contribution is -2.39. The third-order valence-corrected chi connectivity index (χ3v) is 9.46. The largest absolute Gasteiger partial charge is 0.335 e. The Morgan fingerprint density at radius 1 is 1.00 bits per heavy atom. The van der Waals surface area contributed by atoms with Gasteiger partial charge in [-0.2, -0.15) is 21.4 Å². The molecule has 0 amide bonds. The molecule has 1 aromatic heterocycles. The monoisotopic (exact) mass is 583 g/mol. The Morgan fingerprint density at radius 2 is 1.78 bits per heavy atom. The van der Waals surface area contributed by atoms with Gasteiger partial charge in [-0.1, -0.05) is 59.0 Å². The molecule has 36 heavy (non-hydrogen) atoms. The summed E-state index contributed by atoms with van der Waals surface area (Å²) in [6, 6.07) is 16.9. The summed E-state index contributed by atoms with van der Waals surface area (Å²) in [6.07, 6.45) is 2.00. The molecule has 0 saturated carbocycles. The predicted molar refractivity (Wildman–Crippen MR) is 145 cm³/mol. The molecular formula is C23H20ClN2O6S4+. The number of halogens is 1. The first-order valence-electron chi connectivity index (χ1n) is 10.7. The number of rotatable bonds is 7. The van der Waals surface area contributed by atoms with Crippen LogP contribution in [0.2, 0.25) is 5.02 Å². The molecule has 0 aliphatic carbocycles. The third kappa shape index (κ3) is 5.40. The van der Waals surface area contributed by atoms with E-state index in [4.69, 9.17) is 11.6 Å². The molecule has 0 saturated heterocycles. The van der Waals surface area contributed by atoms with E-state index < -0.39 is 31.9 Å². The molecule has 0 radical (unpaired) electrons. The van der Waals surface area contributed by atoms with Crippen LogP contribution in [-0.2, 0) is 26.1 Å². The zero-order valence-electron chi connectivity index (χ0n) is 18.5. The highest BCUT2D eigenvalue weighted by molar-refractivity contribution is 8.04. The minimum Gasteiger partial charge on any atom is -0.335 e. The van der Waals surface area contributed by atoms with Gasteiger partial charge < -0.3 is 4.90 Å². The van der Waals surface area contributed by atoms with Crippen LogP contribution in [0.1, 0.15) is 11.4 Å². The molecule has 8 nitrogen and oxygen atoms in total. The number of benzene rings is 3. The van der Waals surface area contributed by atoms with Crippen LogP contribution in [-0.4, -0.2) is 38.2 Å². The first-order valence-corrected chi connectivity index (χ1v) is 15.9. The Morgan fingerprint density at radius 3 is 2.53 bits per heavy atom. The highest BCUT2D eigenvalue weighted by Crippen LogP contribution is 2.48. The number of hydrogen-bond donors (Lipinski definition) is 2. The standard InChI is InChI=1S/C23H19ClN2O6S4/c24-16-7-9-19-18(12-16)25(10-3-11-35(27,28)29)21(33-19)13-22-26(14-36(30,31)32)23-17-5-2-1-4-15(17)6-8-20(23)34-22/h1-2,4-9,12-13H,3,10-11,14H2,(H-,27,28,29,30,31,32)/p+1. The molecular weight excluding hydrogens is 564 g/mol. The molecule has 2 N–H and O–H groups in total. The molecule has 13 heteroatoms. The second-order valence-electron chi connectivity index (χ2n) is 8.20. The van der Waals surface area contributed by atoms with Gasteiger partial charge in [-0.25, -0.2) is 0 Å². The second kappa shape index (κ2) is 9.60. The zero-order chi connectivity index (χ0) is 25.7. The van der Waals surface area contributed by atoms with Gasteiger partial charge in [0.1, 0.15) is 4.70 Å². The molecule has 0 spiro atoms. The van der Waals surface area contributed by atoms with Gasteiger partial charge in [-0.15, -0.1) is 0 Å². The van der Waals surface area contributed by atoms with Gasteiger partial charge in [0.05, 0.1) is 27.9 Å². The number of anilines is 1. The van der Waals surface area contributed by atoms with Crippen molar-refractivity contribution in [2.75, 3.05) is 17.2 Å². The summed E-state index contributed by atoms with van der Waals surface area (Å²) in [6.45, 7) is 0.290. The minimum atomic E-state index is -4.36. The van der Waals surface area contributed by atoms with Crippen molar-refractivity contribution < 1.29 is 30.5 Å². The topological polar surface area (TPSA) is 116 Å². The van der Waals surface area contributed by atoms with Crippen molar-refractivity contribution in [1.29, 1.82) is 0 Å². The van der Waals surface area contributed by atoms with Crippen molar-refractivity contribution in [3.05, 3.63) is 69.7 Å². The van der Waals surface area contributed by atoms with Gasteiger partial charge in [-0.3, -0.25) is 9.11 Å². The predicted octanol–water partition coefficient (Wildman–Crippen LogP) is 5.03.